The SMILES string of the molecule is CCC1(C)CCCc2ccccc2C1. The maximum absolute atomic E-state index is 2.44. The summed E-state index contributed by atoms with van der Waals surface area (Å²) in [5.74, 6) is 0. The second-order valence-electron chi connectivity index (χ2n) is 4.96. The fraction of sp³-hybridized carbons (Fsp3) is 0.571. The molecule has 0 heteroatoms. The van der Waals surface area contributed by atoms with Crippen molar-refractivity contribution in [3.63, 3.8) is 0 Å². The van der Waals surface area contributed by atoms with Gasteiger partial charge in [-0.15, -0.1) is 0 Å². The molecule has 0 nitrogen and oxygen atoms in total. The third-order valence-corrected chi connectivity index (χ3v) is 3.82. The molecule has 0 spiro atoms. The van der Waals surface area contributed by atoms with E-state index in [-0.39, 0.29) is 0 Å². The van der Waals surface area contributed by atoms with Crippen molar-refractivity contribution in [3.8, 4) is 0 Å². The van der Waals surface area contributed by atoms with Gasteiger partial charge in [0.25, 0.3) is 0 Å². The Hall–Kier alpha value is -0.780. The average Bonchev–Trinajstić information content (AvgIpc) is 2.37. The first kappa shape index (κ1) is 9.76. The second-order valence-corrected chi connectivity index (χ2v) is 4.96. The molecule has 0 N–H and O–H groups in total. The van der Waals surface area contributed by atoms with E-state index in [4.69, 9.17) is 0 Å². The molecule has 2 rings (SSSR count). The quantitative estimate of drug-likeness (QED) is 0.585. The van der Waals surface area contributed by atoms with E-state index in [1.165, 1.54) is 32.1 Å². The Morgan fingerprint density at radius 2 is 1.93 bits per heavy atom. The van der Waals surface area contributed by atoms with E-state index in [1.54, 1.807) is 11.1 Å². The molecule has 76 valence electrons. The topological polar surface area (TPSA) is 0 Å². The van der Waals surface area contributed by atoms with Crippen LogP contribution in [0.1, 0.15) is 44.2 Å². The highest BCUT2D eigenvalue weighted by molar-refractivity contribution is 5.29. The van der Waals surface area contributed by atoms with E-state index in [0.29, 0.717) is 5.41 Å². The van der Waals surface area contributed by atoms with Crippen LogP contribution in [0, 0.1) is 5.41 Å². The lowest BCUT2D eigenvalue weighted by atomic mass is 9.79. The summed E-state index contributed by atoms with van der Waals surface area (Å²) in [6.07, 6.45) is 6.62. The molecular formula is C14H20. The Balaban J connectivity index is 2.31. The van der Waals surface area contributed by atoms with Crippen LogP contribution >= 0.6 is 0 Å². The highest BCUT2D eigenvalue weighted by atomic mass is 14.3. The monoisotopic (exact) mass is 188 g/mol. The van der Waals surface area contributed by atoms with E-state index < -0.39 is 0 Å². The molecule has 1 aliphatic rings. The number of fused-ring (bicyclic) bond motifs is 1. The molecule has 1 aromatic rings. The third kappa shape index (κ3) is 1.84. The Morgan fingerprint density at radius 1 is 1.21 bits per heavy atom. The smallest absolute Gasteiger partial charge is 0.0222 e. The lowest BCUT2D eigenvalue weighted by molar-refractivity contribution is 0.282. The number of rotatable bonds is 1. The van der Waals surface area contributed by atoms with E-state index in [2.05, 4.69) is 38.1 Å². The predicted molar refractivity (Wildman–Crippen MR) is 61.5 cm³/mol. The standard InChI is InChI=1S/C14H20/c1-3-14(2)10-6-9-12-7-4-5-8-13(12)11-14/h4-5,7-8H,3,6,9-11H2,1-2H3. The molecule has 0 heterocycles. The van der Waals surface area contributed by atoms with Crippen molar-refractivity contribution in [1.29, 1.82) is 0 Å². The molecule has 1 aromatic carbocycles. The fourth-order valence-electron chi connectivity index (χ4n) is 2.53. The van der Waals surface area contributed by atoms with Crippen LogP contribution in [0.25, 0.3) is 0 Å². The Kier molecular flexibility index (Phi) is 2.62. The minimum Gasteiger partial charge on any atom is -0.0649 e. The van der Waals surface area contributed by atoms with Crippen molar-refractivity contribution < 1.29 is 0 Å². The van der Waals surface area contributed by atoms with Gasteiger partial charge in [-0.1, -0.05) is 44.5 Å². The summed E-state index contributed by atoms with van der Waals surface area (Å²) in [6, 6.07) is 8.97. The first-order valence-corrected chi connectivity index (χ1v) is 5.80. The van der Waals surface area contributed by atoms with Crippen LogP contribution in [0.5, 0.6) is 0 Å². The zero-order valence-corrected chi connectivity index (χ0v) is 9.34. The van der Waals surface area contributed by atoms with Crippen molar-refractivity contribution >= 4 is 0 Å². The van der Waals surface area contributed by atoms with Crippen LogP contribution in [-0.4, -0.2) is 0 Å². The van der Waals surface area contributed by atoms with Crippen LogP contribution in [0.3, 0.4) is 0 Å². The second kappa shape index (κ2) is 3.76. The maximum atomic E-state index is 2.44. The lowest BCUT2D eigenvalue weighted by Gasteiger charge is -2.26. The maximum Gasteiger partial charge on any atom is -0.0222 e. The molecule has 0 aromatic heterocycles. The Bertz CT molecular complexity index is 314. The molecule has 1 unspecified atom stereocenters. The van der Waals surface area contributed by atoms with Crippen LogP contribution in [-0.2, 0) is 12.8 Å². The minimum atomic E-state index is 0.548. The van der Waals surface area contributed by atoms with E-state index in [1.807, 2.05) is 0 Å². The molecule has 0 aliphatic heterocycles. The van der Waals surface area contributed by atoms with E-state index in [0.717, 1.165) is 0 Å². The first-order valence-electron chi connectivity index (χ1n) is 5.80. The van der Waals surface area contributed by atoms with Crippen LogP contribution < -0.4 is 0 Å². The largest absolute Gasteiger partial charge is 0.0649 e. The van der Waals surface area contributed by atoms with Crippen molar-refractivity contribution in [2.75, 3.05) is 0 Å². The van der Waals surface area contributed by atoms with Gasteiger partial charge in [0.1, 0.15) is 0 Å². The molecule has 0 amide bonds. The molecule has 0 fully saturated rings. The van der Waals surface area contributed by atoms with Gasteiger partial charge in [-0.25, -0.2) is 0 Å². The van der Waals surface area contributed by atoms with Gasteiger partial charge in [-0.05, 0) is 42.2 Å². The average molecular weight is 188 g/mol. The van der Waals surface area contributed by atoms with Crippen molar-refractivity contribution in [2.45, 2.75) is 46.0 Å². The molecule has 14 heavy (non-hydrogen) atoms. The zero-order chi connectivity index (χ0) is 10.0. The van der Waals surface area contributed by atoms with Gasteiger partial charge in [-0.2, -0.15) is 0 Å². The third-order valence-electron chi connectivity index (χ3n) is 3.82. The van der Waals surface area contributed by atoms with Gasteiger partial charge >= 0.3 is 0 Å². The van der Waals surface area contributed by atoms with Gasteiger partial charge in [-0.3, -0.25) is 0 Å². The van der Waals surface area contributed by atoms with Gasteiger partial charge < -0.3 is 0 Å². The van der Waals surface area contributed by atoms with Crippen LogP contribution in [0.15, 0.2) is 24.3 Å². The minimum absolute atomic E-state index is 0.548. The van der Waals surface area contributed by atoms with Crippen molar-refractivity contribution in [2.24, 2.45) is 5.41 Å². The number of benzene rings is 1. The van der Waals surface area contributed by atoms with Crippen molar-refractivity contribution in [1.82, 2.24) is 0 Å². The molecule has 0 bridgehead atoms. The normalized spacial score (nSPS) is 26.7. The fourth-order valence-corrected chi connectivity index (χ4v) is 2.53. The molecule has 1 atom stereocenters. The van der Waals surface area contributed by atoms with E-state index in [9.17, 15) is 0 Å². The lowest BCUT2D eigenvalue weighted by Crippen LogP contribution is -2.17. The summed E-state index contributed by atoms with van der Waals surface area (Å²) in [5, 5.41) is 0. The van der Waals surface area contributed by atoms with Gasteiger partial charge in [0.05, 0.1) is 0 Å². The number of hydrogen-bond donors (Lipinski definition) is 0. The number of aryl methyl sites for hydroxylation is 1. The molecule has 0 saturated heterocycles. The molecule has 1 aliphatic carbocycles. The molecule has 0 saturated carbocycles. The van der Waals surface area contributed by atoms with E-state index >= 15 is 0 Å². The molecular weight excluding hydrogens is 168 g/mol. The molecule has 0 radical (unpaired) electrons. The summed E-state index contributed by atoms with van der Waals surface area (Å²) in [4.78, 5) is 0. The highest BCUT2D eigenvalue weighted by Crippen LogP contribution is 2.36. The van der Waals surface area contributed by atoms with Crippen LogP contribution in [0.4, 0.5) is 0 Å². The first-order chi connectivity index (χ1) is 6.73. The van der Waals surface area contributed by atoms with Gasteiger partial charge in [0, 0.05) is 0 Å². The number of hydrogen-bond acceptors (Lipinski definition) is 0. The summed E-state index contributed by atoms with van der Waals surface area (Å²) in [7, 11) is 0. The van der Waals surface area contributed by atoms with Gasteiger partial charge in [0.2, 0.25) is 0 Å². The summed E-state index contributed by atoms with van der Waals surface area (Å²) in [6.45, 7) is 4.77. The summed E-state index contributed by atoms with van der Waals surface area (Å²) in [5.41, 5.74) is 3.73. The van der Waals surface area contributed by atoms with Crippen molar-refractivity contribution in [3.05, 3.63) is 35.4 Å². The zero-order valence-electron chi connectivity index (χ0n) is 9.34. The predicted octanol–water partition coefficient (Wildman–Crippen LogP) is 3.98. The van der Waals surface area contributed by atoms with Gasteiger partial charge in [0.15, 0.2) is 0 Å². The van der Waals surface area contributed by atoms with Crippen LogP contribution in [0.2, 0.25) is 0 Å². The summed E-state index contributed by atoms with van der Waals surface area (Å²) < 4.78 is 0. The Labute approximate surface area is 87.3 Å². The Morgan fingerprint density at radius 3 is 2.64 bits per heavy atom. The summed E-state index contributed by atoms with van der Waals surface area (Å²) >= 11 is 0. The highest BCUT2D eigenvalue weighted by Gasteiger charge is 2.25.